The first kappa shape index (κ1) is 22.3. The number of benzene rings is 2. The molecule has 0 saturated heterocycles. The van der Waals surface area contributed by atoms with Crippen LogP contribution < -0.4 is 0 Å². The topological polar surface area (TPSA) is 112 Å². The number of aromatic amines is 2. The Bertz CT molecular complexity index is 1570. The van der Waals surface area contributed by atoms with Crippen molar-refractivity contribution in [3.05, 3.63) is 93.9 Å². The summed E-state index contributed by atoms with van der Waals surface area (Å²) < 4.78 is 1.64. The molecule has 3 N–H and O–H groups in total. The predicted molar refractivity (Wildman–Crippen MR) is 136 cm³/mol. The lowest BCUT2D eigenvalue weighted by atomic mass is 9.99. The highest BCUT2D eigenvalue weighted by atomic mass is 16.3. The first-order valence-corrected chi connectivity index (χ1v) is 11.4. The number of nitrogens with zero attached hydrogens (tertiary/aromatic N) is 4. The first-order chi connectivity index (χ1) is 16.9. The normalized spacial score (nSPS) is 11.6. The van der Waals surface area contributed by atoms with Crippen molar-refractivity contribution in [1.82, 2.24) is 25.0 Å². The maximum absolute atomic E-state index is 12.8. The Kier molecular flexibility index (Phi) is 5.78. The summed E-state index contributed by atoms with van der Waals surface area (Å²) in [6.45, 7) is 3.79. The van der Waals surface area contributed by atoms with E-state index in [0.29, 0.717) is 29.9 Å². The number of aromatic hydroxyl groups is 1. The molecule has 0 saturated carbocycles. The van der Waals surface area contributed by atoms with Crippen molar-refractivity contribution in [1.29, 1.82) is 0 Å². The summed E-state index contributed by atoms with van der Waals surface area (Å²) in [4.78, 5) is 20.1. The van der Waals surface area contributed by atoms with Gasteiger partial charge in [-0.05, 0) is 55.2 Å². The van der Waals surface area contributed by atoms with Crippen molar-refractivity contribution >= 4 is 28.7 Å². The van der Waals surface area contributed by atoms with Gasteiger partial charge in [0, 0.05) is 42.3 Å². The Morgan fingerprint density at radius 1 is 1.09 bits per heavy atom. The second-order valence-electron chi connectivity index (χ2n) is 8.83. The lowest BCUT2D eigenvalue weighted by molar-refractivity contribution is 0.0984. The molecular formula is C27H26N6O2. The molecule has 5 rings (SSSR count). The number of aryl methyl sites for hydroxylation is 3. The summed E-state index contributed by atoms with van der Waals surface area (Å²) in [5.41, 5.74) is 6.98. The quantitative estimate of drug-likeness (QED) is 0.238. The number of hydrogen-bond acceptors (Lipinski definition) is 5. The molecule has 0 atom stereocenters. The molecule has 3 aromatic heterocycles. The van der Waals surface area contributed by atoms with Gasteiger partial charge in [-0.15, -0.1) is 0 Å². The third-order valence-electron chi connectivity index (χ3n) is 5.95. The van der Waals surface area contributed by atoms with Gasteiger partial charge in [0.15, 0.2) is 17.5 Å². The summed E-state index contributed by atoms with van der Waals surface area (Å²) in [6.07, 6.45) is 2.65. The number of Topliss-reactive ketones (excluding diaryl/α,β-unsaturated/α-hetero) is 1. The molecule has 0 bridgehead atoms. The van der Waals surface area contributed by atoms with Crippen LogP contribution in [0.15, 0.2) is 59.6 Å². The molecule has 0 aliphatic heterocycles. The fourth-order valence-electron chi connectivity index (χ4n) is 4.32. The van der Waals surface area contributed by atoms with Crippen molar-refractivity contribution in [3.8, 4) is 5.88 Å². The lowest BCUT2D eigenvalue weighted by Gasteiger charge is -2.07. The van der Waals surface area contributed by atoms with Crippen LogP contribution in [0.4, 0.5) is 5.82 Å². The minimum absolute atomic E-state index is 0.0468. The van der Waals surface area contributed by atoms with Crippen LogP contribution in [0, 0.1) is 13.8 Å². The molecule has 5 aromatic rings. The van der Waals surface area contributed by atoms with E-state index in [1.807, 2.05) is 50.2 Å². The number of ketones is 1. The van der Waals surface area contributed by atoms with Crippen molar-refractivity contribution in [3.63, 3.8) is 0 Å². The van der Waals surface area contributed by atoms with Gasteiger partial charge in [-0.2, -0.15) is 10.2 Å². The van der Waals surface area contributed by atoms with Crippen molar-refractivity contribution in [2.45, 2.75) is 26.7 Å². The van der Waals surface area contributed by atoms with Crippen LogP contribution in [0.1, 0.15) is 44.1 Å². The summed E-state index contributed by atoms with van der Waals surface area (Å²) in [5, 5.41) is 22.5. The monoisotopic (exact) mass is 466 g/mol. The Balaban J connectivity index is 1.37. The molecule has 176 valence electrons. The molecule has 0 amide bonds. The van der Waals surface area contributed by atoms with Gasteiger partial charge in [-0.1, -0.05) is 30.3 Å². The van der Waals surface area contributed by atoms with Crippen LogP contribution in [-0.2, 0) is 19.9 Å². The Morgan fingerprint density at radius 3 is 2.63 bits per heavy atom. The van der Waals surface area contributed by atoms with E-state index in [9.17, 15) is 9.90 Å². The maximum atomic E-state index is 12.8. The van der Waals surface area contributed by atoms with Crippen LogP contribution in [0.2, 0.25) is 0 Å². The minimum atomic E-state index is 0.0468. The molecule has 3 heterocycles. The zero-order chi connectivity index (χ0) is 24.5. The first-order valence-electron chi connectivity index (χ1n) is 11.4. The third kappa shape index (κ3) is 4.77. The van der Waals surface area contributed by atoms with E-state index in [4.69, 9.17) is 0 Å². The van der Waals surface area contributed by atoms with E-state index in [-0.39, 0.29) is 11.7 Å². The van der Waals surface area contributed by atoms with Crippen LogP contribution in [-0.4, -0.2) is 42.1 Å². The number of carbonyl (C=O) groups is 1. The fraction of sp³-hybridized carbons (Fsp3) is 0.185. The van der Waals surface area contributed by atoms with Crippen molar-refractivity contribution in [2.24, 2.45) is 12.0 Å². The van der Waals surface area contributed by atoms with Gasteiger partial charge in [0.2, 0.25) is 0 Å². The molecule has 0 aliphatic rings. The molecule has 0 fully saturated rings. The Labute approximate surface area is 202 Å². The number of aromatic nitrogens is 5. The maximum Gasteiger partial charge on any atom is 0.198 e. The van der Waals surface area contributed by atoms with Gasteiger partial charge in [0.1, 0.15) is 5.69 Å². The smallest absolute Gasteiger partial charge is 0.198 e. The van der Waals surface area contributed by atoms with E-state index in [2.05, 4.69) is 43.5 Å². The largest absolute Gasteiger partial charge is 0.494 e. The van der Waals surface area contributed by atoms with E-state index in [1.54, 1.807) is 17.9 Å². The minimum Gasteiger partial charge on any atom is -0.494 e. The molecular weight excluding hydrogens is 440 g/mol. The zero-order valence-corrected chi connectivity index (χ0v) is 19.8. The molecule has 35 heavy (non-hydrogen) atoms. The molecule has 2 aromatic carbocycles. The average Bonchev–Trinajstić information content (AvgIpc) is 3.48. The van der Waals surface area contributed by atoms with Gasteiger partial charge in [0.05, 0.1) is 11.3 Å². The van der Waals surface area contributed by atoms with Gasteiger partial charge < -0.3 is 10.1 Å². The van der Waals surface area contributed by atoms with E-state index >= 15 is 0 Å². The van der Waals surface area contributed by atoms with E-state index in [1.165, 1.54) is 0 Å². The summed E-state index contributed by atoms with van der Waals surface area (Å²) >= 11 is 0. The number of rotatable bonds is 7. The average molecular weight is 467 g/mol. The lowest BCUT2D eigenvalue weighted by Crippen LogP contribution is -2.09. The Hall–Kier alpha value is -4.46. The molecule has 0 spiro atoms. The molecule has 0 unspecified atom stereocenters. The molecule has 8 nitrogen and oxygen atoms in total. The Morgan fingerprint density at radius 2 is 1.89 bits per heavy atom. The predicted octanol–water partition coefficient (Wildman–Crippen LogP) is 4.71. The molecule has 0 radical (unpaired) electrons. The van der Waals surface area contributed by atoms with Crippen molar-refractivity contribution < 1.29 is 9.90 Å². The summed E-state index contributed by atoms with van der Waals surface area (Å²) in [7, 11) is 1.79. The highest BCUT2D eigenvalue weighted by Gasteiger charge is 2.14. The fourth-order valence-corrected chi connectivity index (χ4v) is 4.32. The summed E-state index contributed by atoms with van der Waals surface area (Å²) in [6, 6.07) is 17.8. The second kappa shape index (κ2) is 9.06. The third-order valence-corrected chi connectivity index (χ3v) is 5.95. The van der Waals surface area contributed by atoms with Crippen LogP contribution >= 0.6 is 0 Å². The molecule has 0 aliphatic carbocycles. The van der Waals surface area contributed by atoms with Crippen LogP contribution in [0.25, 0.3) is 10.9 Å². The van der Waals surface area contributed by atoms with Gasteiger partial charge in [-0.3, -0.25) is 14.6 Å². The van der Waals surface area contributed by atoms with Gasteiger partial charge >= 0.3 is 0 Å². The number of fused-ring (bicyclic) bond motifs is 1. The van der Waals surface area contributed by atoms with Gasteiger partial charge in [-0.25, -0.2) is 4.99 Å². The SMILES string of the molecule is Cc1cc(C(=O)Cc2cccc(Cc3ccc4[nH]c(O)c(C=Nc5cc(C)[nH]n5)c4c3)c2)n(C)n1. The number of carbonyl (C=O) groups excluding carboxylic acids is 1. The van der Waals surface area contributed by atoms with Crippen molar-refractivity contribution in [2.75, 3.05) is 0 Å². The zero-order valence-electron chi connectivity index (χ0n) is 19.8. The number of H-pyrrole nitrogens is 2. The van der Waals surface area contributed by atoms with E-state index in [0.717, 1.165) is 39.0 Å². The summed E-state index contributed by atoms with van der Waals surface area (Å²) in [5.74, 6) is 0.671. The van der Waals surface area contributed by atoms with Gasteiger partial charge in [0.25, 0.3) is 0 Å². The highest BCUT2D eigenvalue weighted by Crippen LogP contribution is 2.28. The standard InChI is InChI=1S/C27H26N6O2/c1-16-10-26(31-30-16)28-15-22-21-13-20(7-8-23(21)29-27(22)35)12-18-5-4-6-19(11-18)14-25(34)24-9-17(2)32-33(24)3/h4-11,13,15,29,35H,12,14H2,1-3H3,(H,30,31). The molecule has 8 heteroatoms. The highest BCUT2D eigenvalue weighted by molar-refractivity contribution is 6.02. The number of aliphatic imine (C=N–C) groups is 1. The number of nitrogens with one attached hydrogen (secondary N) is 2. The van der Waals surface area contributed by atoms with E-state index < -0.39 is 0 Å². The van der Waals surface area contributed by atoms with Crippen LogP contribution in [0.5, 0.6) is 5.88 Å². The number of hydrogen-bond donors (Lipinski definition) is 3. The van der Waals surface area contributed by atoms with Crippen LogP contribution in [0.3, 0.4) is 0 Å². The second-order valence-corrected chi connectivity index (χ2v) is 8.83.